The van der Waals surface area contributed by atoms with Crippen LogP contribution in [-0.2, 0) is 11.3 Å². The molecule has 112 valence electrons. The Morgan fingerprint density at radius 3 is 2.75 bits per heavy atom. The number of nitrogens with one attached hydrogen (secondary N) is 2. The number of hydrogen-bond acceptors (Lipinski definition) is 4. The number of amides is 1. The molecule has 1 aliphatic rings. The van der Waals surface area contributed by atoms with E-state index in [9.17, 15) is 4.79 Å². The molecule has 6 nitrogen and oxygen atoms in total. The summed E-state index contributed by atoms with van der Waals surface area (Å²) in [6.45, 7) is 7.37. The molecule has 0 saturated heterocycles. The maximum Gasteiger partial charge on any atom is 0.407 e. The normalized spacial score (nSPS) is 22.1. The molecular weight excluding hydrogens is 256 g/mol. The van der Waals surface area contributed by atoms with Crippen LogP contribution < -0.4 is 10.6 Å². The second-order valence-electron chi connectivity index (χ2n) is 6.23. The van der Waals surface area contributed by atoms with E-state index in [2.05, 4.69) is 15.7 Å². The molecule has 20 heavy (non-hydrogen) atoms. The van der Waals surface area contributed by atoms with Crippen molar-refractivity contribution in [1.29, 1.82) is 0 Å². The van der Waals surface area contributed by atoms with Gasteiger partial charge in [-0.2, -0.15) is 5.10 Å². The SMILES string of the molecule is CC(C)(C)OC(=O)NC1CC(NCCn2cccn2)C1. The minimum atomic E-state index is -0.435. The van der Waals surface area contributed by atoms with E-state index in [-0.39, 0.29) is 12.1 Å². The third-order valence-electron chi connectivity index (χ3n) is 3.19. The summed E-state index contributed by atoms with van der Waals surface area (Å²) in [5.74, 6) is 0. The van der Waals surface area contributed by atoms with Gasteiger partial charge in [0.2, 0.25) is 0 Å². The molecule has 0 bridgehead atoms. The maximum absolute atomic E-state index is 11.6. The molecule has 0 unspecified atom stereocenters. The van der Waals surface area contributed by atoms with E-state index >= 15 is 0 Å². The molecular formula is C14H24N4O2. The van der Waals surface area contributed by atoms with Crippen molar-refractivity contribution in [2.45, 2.75) is 57.8 Å². The highest BCUT2D eigenvalue weighted by Crippen LogP contribution is 2.20. The number of alkyl carbamates (subject to hydrolysis) is 1. The Morgan fingerprint density at radius 1 is 1.40 bits per heavy atom. The van der Waals surface area contributed by atoms with Crippen LogP contribution >= 0.6 is 0 Å². The first-order valence-electron chi connectivity index (χ1n) is 7.13. The molecule has 2 N–H and O–H groups in total. The summed E-state index contributed by atoms with van der Waals surface area (Å²) < 4.78 is 7.13. The molecule has 0 aliphatic heterocycles. The van der Waals surface area contributed by atoms with Crippen molar-refractivity contribution in [2.75, 3.05) is 6.54 Å². The van der Waals surface area contributed by atoms with Crippen LogP contribution in [0.4, 0.5) is 4.79 Å². The molecule has 2 rings (SSSR count). The second-order valence-corrected chi connectivity index (χ2v) is 6.23. The lowest BCUT2D eigenvalue weighted by molar-refractivity contribution is 0.0465. The maximum atomic E-state index is 11.6. The van der Waals surface area contributed by atoms with Gasteiger partial charge in [0.05, 0.1) is 6.54 Å². The molecule has 6 heteroatoms. The van der Waals surface area contributed by atoms with Gasteiger partial charge in [-0.25, -0.2) is 4.79 Å². The Morgan fingerprint density at radius 2 is 2.15 bits per heavy atom. The van der Waals surface area contributed by atoms with Crippen LogP contribution in [0.3, 0.4) is 0 Å². The molecule has 1 saturated carbocycles. The largest absolute Gasteiger partial charge is 0.444 e. The van der Waals surface area contributed by atoms with E-state index in [1.807, 2.05) is 37.7 Å². The average molecular weight is 280 g/mol. The van der Waals surface area contributed by atoms with Crippen molar-refractivity contribution in [1.82, 2.24) is 20.4 Å². The predicted octanol–water partition coefficient (Wildman–Crippen LogP) is 1.53. The van der Waals surface area contributed by atoms with Crippen molar-refractivity contribution in [2.24, 2.45) is 0 Å². The summed E-state index contributed by atoms with van der Waals surface area (Å²) in [5.41, 5.74) is -0.435. The summed E-state index contributed by atoms with van der Waals surface area (Å²) in [4.78, 5) is 11.6. The number of hydrogen-bond donors (Lipinski definition) is 2. The van der Waals surface area contributed by atoms with Gasteiger partial charge in [0.25, 0.3) is 0 Å². The van der Waals surface area contributed by atoms with E-state index < -0.39 is 5.60 Å². The minimum absolute atomic E-state index is 0.229. The number of carbonyl (C=O) groups is 1. The minimum Gasteiger partial charge on any atom is -0.444 e. The monoisotopic (exact) mass is 280 g/mol. The Bertz CT molecular complexity index is 419. The number of nitrogens with zero attached hydrogens (tertiary/aromatic N) is 2. The standard InChI is InChI=1S/C14H24N4O2/c1-14(2,3)20-13(19)17-12-9-11(10-12)15-6-8-18-7-4-5-16-18/h4-5,7,11-12,15H,6,8-10H2,1-3H3,(H,17,19). The summed E-state index contributed by atoms with van der Waals surface area (Å²) in [7, 11) is 0. The number of ether oxygens (including phenoxy) is 1. The van der Waals surface area contributed by atoms with Crippen molar-refractivity contribution < 1.29 is 9.53 Å². The van der Waals surface area contributed by atoms with Crippen molar-refractivity contribution >= 4 is 6.09 Å². The van der Waals surface area contributed by atoms with E-state index in [0.29, 0.717) is 6.04 Å². The zero-order valence-electron chi connectivity index (χ0n) is 12.4. The molecule has 0 atom stereocenters. The van der Waals surface area contributed by atoms with Crippen LogP contribution in [0, 0.1) is 0 Å². The molecule has 1 aromatic heterocycles. The molecule has 1 aromatic rings. The van der Waals surface area contributed by atoms with Gasteiger partial charge in [0.1, 0.15) is 5.60 Å². The second kappa shape index (κ2) is 6.26. The number of rotatable bonds is 5. The Labute approximate surface area is 119 Å². The smallest absolute Gasteiger partial charge is 0.407 e. The topological polar surface area (TPSA) is 68.2 Å². The Kier molecular flexibility index (Phi) is 4.65. The van der Waals surface area contributed by atoms with E-state index in [0.717, 1.165) is 25.9 Å². The third-order valence-corrected chi connectivity index (χ3v) is 3.19. The van der Waals surface area contributed by atoms with Crippen LogP contribution in [-0.4, -0.2) is 40.1 Å². The molecule has 1 amide bonds. The molecule has 1 fully saturated rings. The van der Waals surface area contributed by atoms with Gasteiger partial charge >= 0.3 is 6.09 Å². The van der Waals surface area contributed by atoms with Gasteiger partial charge in [-0.3, -0.25) is 4.68 Å². The predicted molar refractivity (Wildman–Crippen MR) is 76.4 cm³/mol. The van der Waals surface area contributed by atoms with Crippen LogP contribution in [0.5, 0.6) is 0 Å². The lowest BCUT2D eigenvalue weighted by Crippen LogP contribution is -2.53. The van der Waals surface area contributed by atoms with E-state index in [1.54, 1.807) is 6.20 Å². The fourth-order valence-electron chi connectivity index (χ4n) is 2.19. The zero-order valence-corrected chi connectivity index (χ0v) is 12.4. The van der Waals surface area contributed by atoms with Crippen LogP contribution in [0.1, 0.15) is 33.6 Å². The highest BCUT2D eigenvalue weighted by atomic mass is 16.6. The molecule has 1 aliphatic carbocycles. The van der Waals surface area contributed by atoms with Gasteiger partial charge < -0.3 is 15.4 Å². The fourth-order valence-corrected chi connectivity index (χ4v) is 2.19. The zero-order chi connectivity index (χ0) is 14.6. The average Bonchev–Trinajstić information content (AvgIpc) is 2.75. The fraction of sp³-hybridized carbons (Fsp3) is 0.714. The van der Waals surface area contributed by atoms with Gasteiger partial charge in [-0.15, -0.1) is 0 Å². The Balaban J connectivity index is 1.55. The number of aromatic nitrogens is 2. The summed E-state index contributed by atoms with van der Waals surface area (Å²) >= 11 is 0. The highest BCUT2D eigenvalue weighted by Gasteiger charge is 2.31. The first kappa shape index (κ1) is 14.8. The van der Waals surface area contributed by atoms with Crippen LogP contribution in [0.15, 0.2) is 18.5 Å². The molecule has 0 spiro atoms. The first-order valence-corrected chi connectivity index (χ1v) is 7.13. The van der Waals surface area contributed by atoms with Gasteiger partial charge in [0.15, 0.2) is 0 Å². The van der Waals surface area contributed by atoms with Crippen molar-refractivity contribution in [3.8, 4) is 0 Å². The quantitative estimate of drug-likeness (QED) is 0.858. The van der Waals surface area contributed by atoms with Gasteiger partial charge in [-0.05, 0) is 39.7 Å². The van der Waals surface area contributed by atoms with Crippen molar-refractivity contribution in [3.63, 3.8) is 0 Å². The van der Waals surface area contributed by atoms with Crippen molar-refractivity contribution in [3.05, 3.63) is 18.5 Å². The lowest BCUT2D eigenvalue weighted by Gasteiger charge is -2.36. The van der Waals surface area contributed by atoms with Gasteiger partial charge in [-0.1, -0.05) is 0 Å². The van der Waals surface area contributed by atoms with E-state index in [1.165, 1.54) is 0 Å². The molecule has 0 aromatic carbocycles. The van der Waals surface area contributed by atoms with Gasteiger partial charge in [0, 0.05) is 31.0 Å². The highest BCUT2D eigenvalue weighted by molar-refractivity contribution is 5.68. The van der Waals surface area contributed by atoms with E-state index in [4.69, 9.17) is 4.74 Å². The van der Waals surface area contributed by atoms with Crippen LogP contribution in [0.2, 0.25) is 0 Å². The number of carbonyl (C=O) groups excluding carboxylic acids is 1. The third kappa shape index (κ3) is 4.85. The molecule has 0 radical (unpaired) electrons. The summed E-state index contributed by atoms with van der Waals surface area (Å²) in [5, 5.41) is 10.5. The van der Waals surface area contributed by atoms with Crippen LogP contribution in [0.25, 0.3) is 0 Å². The lowest BCUT2D eigenvalue weighted by atomic mass is 9.87. The Hall–Kier alpha value is -1.56. The first-order chi connectivity index (χ1) is 9.42. The summed E-state index contributed by atoms with van der Waals surface area (Å²) in [6.07, 6.45) is 5.33. The molecule has 1 heterocycles. The summed E-state index contributed by atoms with van der Waals surface area (Å²) in [6, 6.07) is 2.63.